The normalized spacial score (nSPS) is 15.1. The van der Waals surface area contributed by atoms with E-state index in [1.165, 1.54) is 98.2 Å². The molecule has 47 heavy (non-hydrogen) atoms. The zero-order valence-electron chi connectivity index (χ0n) is 30.6. The second-order valence-corrected chi connectivity index (χ2v) is 16.2. The van der Waals surface area contributed by atoms with Gasteiger partial charge in [0.2, 0.25) is 0 Å². The fraction of sp³-hybridized carbons (Fsp3) is 0.381. The molecule has 2 aliphatic rings. The van der Waals surface area contributed by atoms with Gasteiger partial charge >= 0.3 is 292 Å². The predicted octanol–water partition coefficient (Wildman–Crippen LogP) is 9.00. The Morgan fingerprint density at radius 3 is 0.660 bits per heavy atom. The quantitative estimate of drug-likeness (QED) is 0.196. The molecule has 0 aliphatic carbocycles. The van der Waals surface area contributed by atoms with Crippen molar-refractivity contribution in [1.29, 1.82) is 0 Å². The number of hydrogen-bond donors (Lipinski definition) is 0. The molecule has 2 aliphatic heterocycles. The van der Waals surface area contributed by atoms with Gasteiger partial charge in [0.1, 0.15) is 0 Å². The van der Waals surface area contributed by atoms with Crippen LogP contribution in [0.4, 0.5) is 22.7 Å². The Morgan fingerprint density at radius 1 is 0.319 bits per heavy atom. The number of rotatable bonds is 4. The van der Waals surface area contributed by atoms with Crippen molar-refractivity contribution < 1.29 is 16.2 Å². The summed E-state index contributed by atoms with van der Waals surface area (Å²) in [6.07, 6.45) is 0. The van der Waals surface area contributed by atoms with Crippen LogP contribution in [0.3, 0.4) is 0 Å². The number of nitrogens with zero attached hydrogens (tertiary/aromatic N) is 4. The van der Waals surface area contributed by atoms with E-state index in [2.05, 4.69) is 151 Å². The Labute approximate surface area is 290 Å². The van der Waals surface area contributed by atoms with Gasteiger partial charge in [0.05, 0.1) is 0 Å². The van der Waals surface area contributed by atoms with Gasteiger partial charge in [0, 0.05) is 0 Å². The van der Waals surface area contributed by atoms with Crippen molar-refractivity contribution in [2.45, 2.75) is 83.1 Å². The molecule has 0 unspecified atom stereocenters. The molecule has 2 fully saturated rings. The zero-order chi connectivity index (χ0) is 33.9. The molecule has 2 saturated heterocycles. The summed E-state index contributed by atoms with van der Waals surface area (Å²) in [4.78, 5) is 10.7. The first kappa shape index (κ1) is 33.3. The maximum absolute atomic E-state index is 2.69. The molecule has 5 heteroatoms. The summed E-state index contributed by atoms with van der Waals surface area (Å²) in [6, 6.07) is 18.9. The third kappa shape index (κ3) is 6.13. The molecule has 0 N–H and O–H groups in total. The first-order valence-corrected chi connectivity index (χ1v) is 18.8. The fourth-order valence-electron chi connectivity index (χ4n) is 8.51. The average molecular weight is 714 g/mol. The van der Waals surface area contributed by atoms with Crippen LogP contribution in [-0.4, -0.2) is 34.9 Å². The summed E-state index contributed by atoms with van der Waals surface area (Å²) in [7, 11) is 0. The number of hydrogen-bond acceptors (Lipinski definition) is 4. The number of aryl methyl sites for hydroxylation is 12. The van der Waals surface area contributed by atoms with E-state index in [0.29, 0.717) is 0 Å². The molecular weight excluding hydrogens is 662 g/mol. The molecular formula is C42H52N4Ru. The molecule has 4 aromatic carbocycles. The molecule has 0 amide bonds. The summed E-state index contributed by atoms with van der Waals surface area (Å²) in [5.74, 6) is 0. The van der Waals surface area contributed by atoms with Gasteiger partial charge < -0.3 is 0 Å². The first-order valence-electron chi connectivity index (χ1n) is 17.0. The summed E-state index contributed by atoms with van der Waals surface area (Å²) in [6.45, 7) is 31.2. The van der Waals surface area contributed by atoms with E-state index < -0.39 is 0 Å². The Hall–Kier alpha value is -3.56. The number of anilines is 4. The minimum atomic E-state index is -0.375. The van der Waals surface area contributed by atoms with Crippen molar-refractivity contribution in [3.05, 3.63) is 115 Å². The van der Waals surface area contributed by atoms with Gasteiger partial charge in [-0.1, -0.05) is 0 Å². The second-order valence-electron chi connectivity index (χ2n) is 14.2. The molecule has 0 aromatic heterocycles. The fourth-order valence-corrected chi connectivity index (χ4v) is 11.3. The Bertz CT molecular complexity index is 1610. The van der Waals surface area contributed by atoms with Gasteiger partial charge in [-0.05, 0) is 0 Å². The molecule has 0 spiro atoms. The van der Waals surface area contributed by atoms with Crippen LogP contribution >= 0.6 is 0 Å². The molecule has 6 rings (SSSR count). The van der Waals surface area contributed by atoms with Gasteiger partial charge in [-0.25, -0.2) is 0 Å². The summed E-state index contributed by atoms with van der Waals surface area (Å²) in [5.41, 5.74) is 21.7. The van der Waals surface area contributed by atoms with Crippen molar-refractivity contribution in [2.24, 2.45) is 0 Å². The molecule has 0 radical (unpaired) electrons. The SMILES string of the molecule is Cc1cc(C)c(N2CCN(c3c(C)cc(C)cc3C)[C]2=[Ru]=[C]2N(c3c(C)cc(C)cc3C)CCN2c2c(C)cc(C)cc2C)c(C)c1. The van der Waals surface area contributed by atoms with E-state index in [9.17, 15) is 0 Å². The Balaban J connectivity index is 1.70. The van der Waals surface area contributed by atoms with E-state index in [1.54, 1.807) is 0 Å². The molecule has 4 nitrogen and oxygen atoms in total. The Morgan fingerprint density at radius 2 is 0.489 bits per heavy atom. The van der Waals surface area contributed by atoms with Crippen molar-refractivity contribution in [3.63, 3.8) is 0 Å². The van der Waals surface area contributed by atoms with Crippen molar-refractivity contribution in [3.8, 4) is 0 Å². The first-order chi connectivity index (χ1) is 22.2. The summed E-state index contributed by atoms with van der Waals surface area (Å²) in [5, 5.41) is 0. The van der Waals surface area contributed by atoms with Crippen LogP contribution in [0.25, 0.3) is 0 Å². The van der Waals surface area contributed by atoms with Crippen LogP contribution in [0.5, 0.6) is 0 Å². The van der Waals surface area contributed by atoms with E-state index in [-0.39, 0.29) is 16.2 Å². The van der Waals surface area contributed by atoms with E-state index in [1.807, 2.05) is 0 Å². The minimum absolute atomic E-state index is 0.375. The van der Waals surface area contributed by atoms with Gasteiger partial charge in [0.15, 0.2) is 0 Å². The third-order valence-electron chi connectivity index (χ3n) is 9.74. The zero-order valence-corrected chi connectivity index (χ0v) is 32.3. The van der Waals surface area contributed by atoms with Crippen LogP contribution in [0, 0.1) is 83.1 Å². The second kappa shape index (κ2) is 12.8. The summed E-state index contributed by atoms with van der Waals surface area (Å²) < 4.78 is 2.91. The molecule has 0 saturated carbocycles. The topological polar surface area (TPSA) is 13.0 Å². The number of benzene rings is 4. The molecule has 0 atom stereocenters. The van der Waals surface area contributed by atoms with Crippen molar-refractivity contribution >= 4 is 31.5 Å². The standard InChI is InChI=1S/2C21H26N2.Ru/c2*1-14-9-16(3)20(17(4)10-14)22-7-8-23(13-22)21-18(5)11-15(2)12-19(21)6;/h2*9-12H,7-8H2,1-6H3;. The van der Waals surface area contributed by atoms with Crippen molar-refractivity contribution in [1.82, 2.24) is 0 Å². The monoisotopic (exact) mass is 714 g/mol. The van der Waals surface area contributed by atoms with Gasteiger partial charge in [-0.3, -0.25) is 0 Å². The molecule has 4 aromatic rings. The van der Waals surface area contributed by atoms with Crippen LogP contribution in [-0.2, 0) is 16.2 Å². The van der Waals surface area contributed by atoms with Gasteiger partial charge in [-0.2, -0.15) is 0 Å². The summed E-state index contributed by atoms with van der Waals surface area (Å²) >= 11 is -0.375. The van der Waals surface area contributed by atoms with E-state index >= 15 is 0 Å². The Kier molecular flexibility index (Phi) is 9.09. The third-order valence-corrected chi connectivity index (χ3v) is 12.4. The van der Waals surface area contributed by atoms with Crippen LogP contribution in [0.15, 0.2) is 48.5 Å². The van der Waals surface area contributed by atoms with E-state index in [4.69, 9.17) is 0 Å². The van der Waals surface area contributed by atoms with Gasteiger partial charge in [-0.15, -0.1) is 0 Å². The molecule has 0 bridgehead atoms. The van der Waals surface area contributed by atoms with Gasteiger partial charge in [0.25, 0.3) is 0 Å². The van der Waals surface area contributed by atoms with Crippen LogP contribution in [0.1, 0.15) is 66.8 Å². The molecule has 2 heterocycles. The average Bonchev–Trinajstić information content (AvgIpc) is 3.51. The van der Waals surface area contributed by atoms with Crippen LogP contribution in [0.2, 0.25) is 0 Å². The van der Waals surface area contributed by atoms with Crippen LogP contribution < -0.4 is 19.6 Å². The maximum atomic E-state index is 2.69. The van der Waals surface area contributed by atoms with E-state index in [0.717, 1.165) is 26.2 Å². The van der Waals surface area contributed by atoms with Crippen molar-refractivity contribution in [2.75, 3.05) is 45.8 Å². The predicted molar refractivity (Wildman–Crippen MR) is 202 cm³/mol. The molecule has 248 valence electrons.